The Balaban J connectivity index is 1.93. The highest BCUT2D eigenvalue weighted by Gasteiger charge is 2.20. The van der Waals surface area contributed by atoms with Gasteiger partial charge in [-0.2, -0.15) is 0 Å². The Hall–Kier alpha value is -1.60. The molecule has 0 radical (unpaired) electrons. The number of carbonyl (C=O) groups is 1. The van der Waals surface area contributed by atoms with Gasteiger partial charge in [0.2, 0.25) is 15.9 Å². The van der Waals surface area contributed by atoms with Crippen LogP contribution in [0.4, 0.5) is 0 Å². The van der Waals surface area contributed by atoms with Crippen molar-refractivity contribution in [3.05, 3.63) is 23.8 Å². The number of benzene rings is 1. The maximum atomic E-state index is 12.4. The van der Waals surface area contributed by atoms with Crippen LogP contribution < -0.4 is 14.8 Å². The van der Waals surface area contributed by atoms with Gasteiger partial charge in [-0.25, -0.2) is 13.1 Å². The Morgan fingerprint density at radius 3 is 2.46 bits per heavy atom. The molecule has 0 saturated heterocycles. The smallest absolute Gasteiger partial charge is 0.241 e. The molecule has 1 fully saturated rings. The van der Waals surface area contributed by atoms with Crippen LogP contribution in [0.1, 0.15) is 44.1 Å². The van der Waals surface area contributed by atoms with Gasteiger partial charge in [0.05, 0.1) is 18.6 Å². The topological polar surface area (TPSA) is 84.5 Å². The fourth-order valence-electron chi connectivity index (χ4n) is 2.99. The molecule has 0 heterocycles. The lowest BCUT2D eigenvalue weighted by atomic mass is 10.1. The Morgan fingerprint density at radius 1 is 1.21 bits per heavy atom. The summed E-state index contributed by atoms with van der Waals surface area (Å²) in [5.74, 6) is 0.314. The number of rotatable bonds is 6. The lowest BCUT2D eigenvalue weighted by molar-refractivity contribution is -0.120. The second kappa shape index (κ2) is 8.48. The van der Waals surface area contributed by atoms with Crippen LogP contribution in [0.5, 0.6) is 5.75 Å². The van der Waals surface area contributed by atoms with E-state index < -0.39 is 10.0 Å². The molecule has 2 N–H and O–H groups in total. The summed E-state index contributed by atoms with van der Waals surface area (Å²) in [5.41, 5.74) is 0.575. The van der Waals surface area contributed by atoms with E-state index in [1.54, 1.807) is 19.1 Å². The van der Waals surface area contributed by atoms with E-state index in [0.717, 1.165) is 25.7 Å². The molecule has 0 aliphatic heterocycles. The second-order valence-electron chi connectivity index (χ2n) is 6.21. The Bertz CT molecular complexity index is 665. The van der Waals surface area contributed by atoms with Gasteiger partial charge in [-0.15, -0.1) is 0 Å². The third-order valence-electron chi connectivity index (χ3n) is 4.31. The summed E-state index contributed by atoms with van der Waals surface area (Å²) in [6.07, 6.45) is 6.57. The second-order valence-corrected chi connectivity index (χ2v) is 7.95. The Labute approximate surface area is 144 Å². The van der Waals surface area contributed by atoms with Gasteiger partial charge in [-0.3, -0.25) is 4.79 Å². The molecular formula is C17H26N2O4S. The van der Waals surface area contributed by atoms with Crippen LogP contribution in [0.3, 0.4) is 0 Å². The number of nitrogens with one attached hydrogen (secondary N) is 2. The van der Waals surface area contributed by atoms with E-state index in [1.165, 1.54) is 26.0 Å². The summed E-state index contributed by atoms with van der Waals surface area (Å²) in [6, 6.07) is 4.89. The minimum atomic E-state index is -3.73. The summed E-state index contributed by atoms with van der Waals surface area (Å²) < 4.78 is 32.2. The Morgan fingerprint density at radius 2 is 1.88 bits per heavy atom. The van der Waals surface area contributed by atoms with Crippen molar-refractivity contribution >= 4 is 15.9 Å². The van der Waals surface area contributed by atoms with Gasteiger partial charge < -0.3 is 10.1 Å². The van der Waals surface area contributed by atoms with Crippen LogP contribution >= 0.6 is 0 Å². The van der Waals surface area contributed by atoms with Crippen molar-refractivity contribution in [2.24, 2.45) is 0 Å². The van der Waals surface area contributed by atoms with Crippen LogP contribution in [-0.4, -0.2) is 34.0 Å². The number of carbonyl (C=O) groups excluding carboxylic acids is 1. The van der Waals surface area contributed by atoms with Gasteiger partial charge in [0, 0.05) is 6.04 Å². The van der Waals surface area contributed by atoms with Crippen LogP contribution in [0.15, 0.2) is 23.1 Å². The first-order valence-corrected chi connectivity index (χ1v) is 9.84. The summed E-state index contributed by atoms with van der Waals surface area (Å²) in [5, 5.41) is 2.93. The van der Waals surface area contributed by atoms with Gasteiger partial charge in [0.15, 0.2) is 0 Å². The average molecular weight is 354 g/mol. The van der Waals surface area contributed by atoms with Gasteiger partial charge in [-0.05, 0) is 43.5 Å². The largest absolute Gasteiger partial charge is 0.497 e. The number of aryl methyl sites for hydroxylation is 1. The van der Waals surface area contributed by atoms with Crippen LogP contribution in [-0.2, 0) is 14.8 Å². The predicted octanol–water partition coefficient (Wildman–Crippen LogP) is 2.12. The summed E-state index contributed by atoms with van der Waals surface area (Å²) >= 11 is 0. The zero-order valence-electron chi connectivity index (χ0n) is 14.3. The molecule has 0 unspecified atom stereocenters. The van der Waals surface area contributed by atoms with Crippen molar-refractivity contribution in [3.8, 4) is 5.75 Å². The number of hydrogen-bond acceptors (Lipinski definition) is 4. The molecular weight excluding hydrogens is 328 g/mol. The summed E-state index contributed by atoms with van der Waals surface area (Å²) in [7, 11) is -2.20. The maximum Gasteiger partial charge on any atom is 0.241 e. The first-order valence-electron chi connectivity index (χ1n) is 8.36. The fraction of sp³-hybridized carbons (Fsp3) is 0.588. The fourth-order valence-corrected chi connectivity index (χ4v) is 4.20. The van der Waals surface area contributed by atoms with Crippen molar-refractivity contribution < 1.29 is 17.9 Å². The van der Waals surface area contributed by atoms with E-state index in [4.69, 9.17) is 4.74 Å². The van der Waals surface area contributed by atoms with Crippen molar-refractivity contribution in [3.63, 3.8) is 0 Å². The normalized spacial score (nSPS) is 16.4. The summed E-state index contributed by atoms with van der Waals surface area (Å²) in [4.78, 5) is 12.2. The summed E-state index contributed by atoms with van der Waals surface area (Å²) in [6.45, 7) is 1.45. The SMILES string of the molecule is COc1ccc(S(=O)(=O)NCC(=O)NC2CCCCCC2)c(C)c1. The van der Waals surface area contributed by atoms with Gasteiger partial charge in [0.1, 0.15) is 5.75 Å². The molecule has 24 heavy (non-hydrogen) atoms. The number of amides is 1. The monoisotopic (exact) mass is 354 g/mol. The first kappa shape index (κ1) is 18.7. The molecule has 2 rings (SSSR count). The van der Waals surface area contributed by atoms with Gasteiger partial charge in [0.25, 0.3) is 0 Å². The van der Waals surface area contributed by atoms with E-state index in [2.05, 4.69) is 10.0 Å². The zero-order chi connectivity index (χ0) is 17.6. The predicted molar refractivity (Wildman–Crippen MR) is 92.6 cm³/mol. The molecule has 134 valence electrons. The minimum absolute atomic E-state index is 0.158. The van der Waals surface area contributed by atoms with E-state index in [-0.39, 0.29) is 23.4 Å². The van der Waals surface area contributed by atoms with Crippen molar-refractivity contribution in [1.29, 1.82) is 0 Å². The minimum Gasteiger partial charge on any atom is -0.497 e. The molecule has 1 aliphatic rings. The molecule has 0 spiro atoms. The quantitative estimate of drug-likeness (QED) is 0.767. The van der Waals surface area contributed by atoms with Crippen LogP contribution in [0.25, 0.3) is 0 Å². The number of methoxy groups -OCH3 is 1. The molecule has 0 atom stereocenters. The third-order valence-corrected chi connectivity index (χ3v) is 5.88. The highest BCUT2D eigenvalue weighted by atomic mass is 32.2. The highest BCUT2D eigenvalue weighted by Crippen LogP contribution is 2.21. The van der Waals surface area contributed by atoms with E-state index >= 15 is 0 Å². The number of sulfonamides is 1. The zero-order valence-corrected chi connectivity index (χ0v) is 15.1. The molecule has 0 bridgehead atoms. The van der Waals surface area contributed by atoms with Gasteiger partial charge in [-0.1, -0.05) is 25.7 Å². The molecule has 1 aromatic rings. The highest BCUT2D eigenvalue weighted by molar-refractivity contribution is 7.89. The molecule has 0 aromatic heterocycles. The van der Waals surface area contributed by atoms with E-state index in [9.17, 15) is 13.2 Å². The molecule has 6 nitrogen and oxygen atoms in total. The van der Waals surface area contributed by atoms with E-state index in [0.29, 0.717) is 11.3 Å². The van der Waals surface area contributed by atoms with E-state index in [1.807, 2.05) is 0 Å². The molecule has 1 aliphatic carbocycles. The standard InChI is InChI=1S/C17H26N2O4S/c1-13-11-15(23-2)9-10-16(13)24(21,22)18-12-17(20)19-14-7-5-3-4-6-8-14/h9-11,14,18H,3-8,12H2,1-2H3,(H,19,20). The maximum absolute atomic E-state index is 12.4. The number of hydrogen-bond donors (Lipinski definition) is 2. The Kier molecular flexibility index (Phi) is 6.62. The lowest BCUT2D eigenvalue weighted by Crippen LogP contribution is -2.41. The lowest BCUT2D eigenvalue weighted by Gasteiger charge is -2.16. The van der Waals surface area contributed by atoms with Gasteiger partial charge >= 0.3 is 0 Å². The third kappa shape index (κ3) is 5.21. The van der Waals surface area contributed by atoms with Crippen molar-refractivity contribution in [1.82, 2.24) is 10.0 Å². The molecule has 1 saturated carbocycles. The molecule has 7 heteroatoms. The van der Waals surface area contributed by atoms with Crippen molar-refractivity contribution in [2.75, 3.05) is 13.7 Å². The average Bonchev–Trinajstić information content (AvgIpc) is 2.81. The number of ether oxygens (including phenoxy) is 1. The molecule has 1 amide bonds. The molecule has 1 aromatic carbocycles. The van der Waals surface area contributed by atoms with Crippen LogP contribution in [0, 0.1) is 6.92 Å². The first-order chi connectivity index (χ1) is 11.4. The van der Waals surface area contributed by atoms with Crippen LogP contribution in [0.2, 0.25) is 0 Å². The van der Waals surface area contributed by atoms with Crippen molar-refractivity contribution in [2.45, 2.75) is 56.4 Å².